The van der Waals surface area contributed by atoms with Gasteiger partial charge in [0.1, 0.15) is 17.8 Å². The molecule has 176 valence electrons. The van der Waals surface area contributed by atoms with Gasteiger partial charge in [0.2, 0.25) is 5.60 Å². The molecule has 32 heavy (non-hydrogen) atoms. The molecule has 1 saturated heterocycles. The predicted octanol–water partition coefficient (Wildman–Crippen LogP) is 3.04. The van der Waals surface area contributed by atoms with E-state index in [4.69, 9.17) is 18.9 Å². The van der Waals surface area contributed by atoms with Gasteiger partial charge in [-0.25, -0.2) is 9.59 Å². The van der Waals surface area contributed by atoms with Crippen molar-refractivity contribution >= 4 is 23.9 Å². The highest BCUT2D eigenvalue weighted by atomic mass is 16.6. The van der Waals surface area contributed by atoms with Gasteiger partial charge in [-0.15, -0.1) is 0 Å². The molecule has 1 aliphatic heterocycles. The van der Waals surface area contributed by atoms with Crippen LogP contribution in [0.3, 0.4) is 0 Å². The smallest absolute Gasteiger partial charge is 0.351 e. The van der Waals surface area contributed by atoms with Crippen molar-refractivity contribution in [3.63, 3.8) is 0 Å². The fourth-order valence-corrected chi connectivity index (χ4v) is 5.72. The molecular weight excluding hydrogens is 416 g/mol. The van der Waals surface area contributed by atoms with Crippen molar-refractivity contribution in [3.8, 4) is 0 Å². The van der Waals surface area contributed by atoms with E-state index in [-0.39, 0.29) is 18.3 Å². The largest absolute Gasteiger partial charge is 0.459 e. The zero-order chi connectivity index (χ0) is 24.0. The van der Waals surface area contributed by atoms with Crippen LogP contribution < -0.4 is 0 Å². The molecule has 8 heteroatoms. The number of ether oxygens (including phenoxy) is 4. The van der Waals surface area contributed by atoms with Crippen LogP contribution in [0, 0.1) is 17.8 Å². The summed E-state index contributed by atoms with van der Waals surface area (Å²) >= 11 is 0. The van der Waals surface area contributed by atoms with Gasteiger partial charge < -0.3 is 18.9 Å². The quantitative estimate of drug-likeness (QED) is 0.280. The summed E-state index contributed by atoms with van der Waals surface area (Å²) < 4.78 is 23.0. The van der Waals surface area contributed by atoms with Gasteiger partial charge in [0.25, 0.3) is 0 Å². The molecule has 7 atom stereocenters. The Balaban J connectivity index is 2.15. The normalized spacial score (nSPS) is 37.8. The van der Waals surface area contributed by atoms with Gasteiger partial charge in [0.05, 0.1) is 5.92 Å². The topological polar surface area (TPSA) is 105 Å². The Bertz CT molecular complexity index is 898. The Hall–Kier alpha value is -2.64. The van der Waals surface area contributed by atoms with Gasteiger partial charge in [-0.05, 0) is 41.0 Å². The maximum absolute atomic E-state index is 13.0. The number of hydrogen-bond acceptors (Lipinski definition) is 8. The van der Waals surface area contributed by atoms with Crippen LogP contribution in [-0.2, 0) is 38.1 Å². The Morgan fingerprint density at radius 1 is 1.09 bits per heavy atom. The number of allylic oxidation sites excluding steroid dienone is 2. The third-order valence-electron chi connectivity index (χ3n) is 6.84. The summed E-state index contributed by atoms with van der Waals surface area (Å²) in [6.45, 7) is 11.4. The first kappa shape index (κ1) is 24.0. The Labute approximate surface area is 188 Å². The monoisotopic (exact) mass is 448 g/mol. The lowest BCUT2D eigenvalue weighted by molar-refractivity contribution is -0.182. The molecule has 0 amide bonds. The molecule has 2 aliphatic carbocycles. The molecule has 0 bridgehead atoms. The highest BCUT2D eigenvalue weighted by molar-refractivity contribution is 5.86. The van der Waals surface area contributed by atoms with Crippen molar-refractivity contribution in [2.45, 2.75) is 84.7 Å². The molecule has 2 fully saturated rings. The molecule has 3 aliphatic rings. The van der Waals surface area contributed by atoms with Crippen LogP contribution in [0.25, 0.3) is 0 Å². The molecule has 1 saturated carbocycles. The Morgan fingerprint density at radius 2 is 1.72 bits per heavy atom. The second kappa shape index (κ2) is 8.37. The van der Waals surface area contributed by atoms with E-state index in [9.17, 15) is 19.2 Å². The highest BCUT2D eigenvalue weighted by Gasteiger charge is 2.68. The second-order valence-electron chi connectivity index (χ2n) is 9.72. The van der Waals surface area contributed by atoms with Gasteiger partial charge in [0.15, 0.2) is 0 Å². The number of rotatable bonds is 4. The van der Waals surface area contributed by atoms with Crippen molar-refractivity contribution in [3.05, 3.63) is 23.3 Å². The minimum Gasteiger partial charge on any atom is -0.459 e. The van der Waals surface area contributed by atoms with Crippen LogP contribution in [0.2, 0.25) is 0 Å². The summed E-state index contributed by atoms with van der Waals surface area (Å²) in [5.41, 5.74) is -0.866. The Kier molecular flexibility index (Phi) is 6.28. The van der Waals surface area contributed by atoms with Gasteiger partial charge in [-0.3, -0.25) is 9.59 Å². The lowest BCUT2D eigenvalue weighted by Crippen LogP contribution is -2.51. The van der Waals surface area contributed by atoms with Gasteiger partial charge in [-0.1, -0.05) is 17.2 Å². The van der Waals surface area contributed by atoms with Crippen LogP contribution in [0.15, 0.2) is 23.3 Å². The molecule has 1 heterocycles. The number of fused-ring (bicyclic) bond motifs is 3. The van der Waals surface area contributed by atoms with E-state index in [1.807, 2.05) is 13.8 Å². The molecule has 0 N–H and O–H groups in total. The van der Waals surface area contributed by atoms with Gasteiger partial charge in [0, 0.05) is 38.2 Å². The fourth-order valence-electron chi connectivity index (χ4n) is 5.72. The third kappa shape index (κ3) is 4.19. The number of hydrogen-bond donors (Lipinski definition) is 0. The molecule has 8 nitrogen and oxygen atoms in total. The lowest BCUT2D eigenvalue weighted by atomic mass is 9.75. The predicted molar refractivity (Wildman–Crippen MR) is 113 cm³/mol. The minimum absolute atomic E-state index is 0.145. The van der Waals surface area contributed by atoms with E-state index in [0.29, 0.717) is 6.42 Å². The average Bonchev–Trinajstić information content (AvgIpc) is 3.07. The van der Waals surface area contributed by atoms with Crippen molar-refractivity contribution in [1.82, 2.24) is 0 Å². The molecule has 0 spiro atoms. The van der Waals surface area contributed by atoms with Gasteiger partial charge >= 0.3 is 23.9 Å². The van der Waals surface area contributed by atoms with Crippen molar-refractivity contribution in [1.29, 1.82) is 0 Å². The molecule has 0 aromatic rings. The summed E-state index contributed by atoms with van der Waals surface area (Å²) in [6.07, 6.45) is 2.60. The van der Waals surface area contributed by atoms with Crippen molar-refractivity contribution in [2.75, 3.05) is 0 Å². The van der Waals surface area contributed by atoms with Crippen LogP contribution in [0.1, 0.15) is 61.3 Å². The Morgan fingerprint density at radius 3 is 2.28 bits per heavy atom. The van der Waals surface area contributed by atoms with Crippen LogP contribution in [0.5, 0.6) is 0 Å². The zero-order valence-corrected chi connectivity index (χ0v) is 19.7. The van der Waals surface area contributed by atoms with Crippen LogP contribution in [0.4, 0.5) is 0 Å². The number of esters is 4. The molecule has 0 aromatic carbocycles. The van der Waals surface area contributed by atoms with E-state index in [1.165, 1.54) is 26.8 Å². The standard InChI is InChI=1S/C24H32O8/c1-12(2)10-18(27)29-17-11-23(6,31-14(4)25)16-9-8-13(3)19(16)21-20(17)24(7,22(28)30-21)32-15(5)26/h8,10,16-17,19-21H,9,11H2,1-7H3/t16-,17-,19+,20+,21-,23-,24-/m0/s1. The lowest BCUT2D eigenvalue weighted by Gasteiger charge is -2.38. The molecular formula is C24H32O8. The third-order valence-corrected chi connectivity index (χ3v) is 6.84. The first-order chi connectivity index (χ1) is 14.8. The first-order valence-corrected chi connectivity index (χ1v) is 10.9. The molecule has 0 radical (unpaired) electrons. The molecule has 3 rings (SSSR count). The summed E-state index contributed by atoms with van der Waals surface area (Å²) in [7, 11) is 0. The van der Waals surface area contributed by atoms with E-state index >= 15 is 0 Å². The SMILES string of the molecule is CC(=O)O[C@@]1(C)C[C@H](OC(=O)C=C(C)C)[C@@H]2[C@@H](OC(=O)[C@@]2(C)OC(C)=O)[C@@H]2C(C)=CC[C@@H]21. The summed E-state index contributed by atoms with van der Waals surface area (Å²) in [4.78, 5) is 49.6. The van der Waals surface area contributed by atoms with E-state index in [1.54, 1.807) is 13.8 Å². The van der Waals surface area contributed by atoms with Crippen molar-refractivity contribution < 1.29 is 38.1 Å². The maximum atomic E-state index is 13.0. The first-order valence-electron chi connectivity index (χ1n) is 10.9. The van der Waals surface area contributed by atoms with Gasteiger partial charge in [-0.2, -0.15) is 0 Å². The summed E-state index contributed by atoms with van der Waals surface area (Å²) in [5.74, 6) is -3.54. The maximum Gasteiger partial charge on any atom is 0.351 e. The minimum atomic E-state index is -1.64. The summed E-state index contributed by atoms with van der Waals surface area (Å²) in [5, 5.41) is 0. The number of carbonyl (C=O) groups excluding carboxylic acids is 4. The molecule has 0 unspecified atom stereocenters. The van der Waals surface area contributed by atoms with E-state index in [2.05, 4.69) is 6.08 Å². The van der Waals surface area contributed by atoms with E-state index in [0.717, 1.165) is 11.1 Å². The molecule has 0 aromatic heterocycles. The van der Waals surface area contributed by atoms with Crippen molar-refractivity contribution in [2.24, 2.45) is 17.8 Å². The van der Waals surface area contributed by atoms with E-state index < -0.39 is 53.2 Å². The average molecular weight is 449 g/mol. The van der Waals surface area contributed by atoms with Crippen LogP contribution in [-0.4, -0.2) is 47.3 Å². The zero-order valence-electron chi connectivity index (χ0n) is 19.7. The number of carbonyl (C=O) groups is 4. The second-order valence-corrected chi connectivity index (χ2v) is 9.72. The van der Waals surface area contributed by atoms with Crippen LogP contribution >= 0.6 is 0 Å². The highest BCUT2D eigenvalue weighted by Crippen LogP contribution is 2.55. The summed E-state index contributed by atoms with van der Waals surface area (Å²) in [6, 6.07) is 0. The fraction of sp³-hybridized carbons (Fsp3) is 0.667.